The molecule has 5 heterocycles. The summed E-state index contributed by atoms with van der Waals surface area (Å²) in [6.45, 7) is 5.38. The van der Waals surface area contributed by atoms with Crippen LogP contribution in [0.4, 0.5) is 0 Å². The molecular formula is C23H26BrN5O3. The predicted octanol–water partition coefficient (Wildman–Crippen LogP) is 2.58. The van der Waals surface area contributed by atoms with E-state index in [1.54, 1.807) is 18.5 Å². The Morgan fingerprint density at radius 2 is 1.91 bits per heavy atom. The zero-order valence-corrected chi connectivity index (χ0v) is 19.4. The van der Waals surface area contributed by atoms with E-state index < -0.39 is 0 Å². The molecule has 3 aromatic heterocycles. The highest BCUT2D eigenvalue weighted by molar-refractivity contribution is 9.10. The number of likely N-dealkylation sites (tertiary alicyclic amines) is 1. The SMILES string of the molecule is O=c1c(Br)cc2ncccc2n1CCN1CCC(NCc2cc3c(cn2)OCCO3)CC1. The maximum absolute atomic E-state index is 12.7. The lowest BCUT2D eigenvalue weighted by Crippen LogP contribution is -2.43. The molecule has 1 fully saturated rings. The average Bonchev–Trinajstić information content (AvgIpc) is 2.83. The fraction of sp³-hybridized carbons (Fsp3) is 0.435. The lowest BCUT2D eigenvalue weighted by molar-refractivity contribution is 0.170. The van der Waals surface area contributed by atoms with Crippen molar-refractivity contribution in [2.24, 2.45) is 0 Å². The molecule has 0 amide bonds. The molecule has 32 heavy (non-hydrogen) atoms. The van der Waals surface area contributed by atoms with Crippen LogP contribution >= 0.6 is 15.9 Å². The molecule has 3 aromatic rings. The van der Waals surface area contributed by atoms with Gasteiger partial charge in [-0.25, -0.2) is 0 Å². The summed E-state index contributed by atoms with van der Waals surface area (Å²) in [5, 5.41) is 3.62. The van der Waals surface area contributed by atoms with Gasteiger partial charge in [-0.1, -0.05) is 0 Å². The standard InChI is InChI=1S/C23H26BrN5O3/c24-18-13-19-20(2-1-5-25-19)29(23(18)30)9-8-28-6-3-16(4-7-28)26-14-17-12-21-22(15-27-17)32-11-10-31-21/h1-2,5,12-13,15-16,26H,3-4,6-11,14H2. The highest BCUT2D eigenvalue weighted by atomic mass is 79.9. The molecule has 0 aromatic carbocycles. The summed E-state index contributed by atoms with van der Waals surface area (Å²) in [6, 6.07) is 8.05. The third kappa shape index (κ3) is 4.65. The first-order valence-corrected chi connectivity index (χ1v) is 11.8. The number of hydrogen-bond acceptors (Lipinski definition) is 7. The molecule has 8 nitrogen and oxygen atoms in total. The van der Waals surface area contributed by atoms with E-state index in [1.165, 1.54) is 0 Å². The van der Waals surface area contributed by atoms with Gasteiger partial charge in [-0.2, -0.15) is 0 Å². The third-order valence-electron chi connectivity index (χ3n) is 6.11. The first-order valence-electron chi connectivity index (χ1n) is 11.0. The number of nitrogens with one attached hydrogen (secondary N) is 1. The third-order valence-corrected chi connectivity index (χ3v) is 6.67. The number of aromatic nitrogens is 3. The van der Waals surface area contributed by atoms with Crippen LogP contribution in [0.3, 0.4) is 0 Å². The second-order valence-electron chi connectivity index (χ2n) is 8.17. The Morgan fingerprint density at radius 3 is 2.75 bits per heavy atom. The van der Waals surface area contributed by atoms with Crippen LogP contribution in [0.1, 0.15) is 18.5 Å². The van der Waals surface area contributed by atoms with E-state index in [2.05, 4.69) is 36.1 Å². The van der Waals surface area contributed by atoms with E-state index in [4.69, 9.17) is 9.47 Å². The van der Waals surface area contributed by atoms with Crippen molar-refractivity contribution in [3.05, 3.63) is 57.2 Å². The second kappa shape index (κ2) is 9.56. The Kier molecular flexibility index (Phi) is 6.38. The van der Waals surface area contributed by atoms with Crippen molar-refractivity contribution >= 4 is 27.0 Å². The van der Waals surface area contributed by atoms with Crippen molar-refractivity contribution in [1.82, 2.24) is 24.8 Å². The minimum atomic E-state index is -0.00557. The minimum absolute atomic E-state index is 0.00557. The zero-order valence-electron chi connectivity index (χ0n) is 17.8. The van der Waals surface area contributed by atoms with Gasteiger partial charge in [0.25, 0.3) is 5.56 Å². The Morgan fingerprint density at radius 1 is 1.09 bits per heavy atom. The van der Waals surface area contributed by atoms with Crippen LogP contribution in [0.15, 0.2) is 45.9 Å². The molecule has 2 aliphatic heterocycles. The summed E-state index contributed by atoms with van der Waals surface area (Å²) < 4.78 is 13.6. The normalized spacial score (nSPS) is 17.0. The maximum atomic E-state index is 12.7. The van der Waals surface area contributed by atoms with Gasteiger partial charge in [0.15, 0.2) is 11.5 Å². The predicted molar refractivity (Wildman–Crippen MR) is 125 cm³/mol. The molecule has 1 N–H and O–H groups in total. The first-order chi connectivity index (χ1) is 15.7. The van der Waals surface area contributed by atoms with Gasteiger partial charge in [0.2, 0.25) is 0 Å². The zero-order chi connectivity index (χ0) is 21.9. The Bertz CT molecular complexity index is 1160. The molecule has 0 atom stereocenters. The van der Waals surface area contributed by atoms with Gasteiger partial charge in [-0.05, 0) is 60.1 Å². The van der Waals surface area contributed by atoms with E-state index in [1.807, 2.05) is 22.8 Å². The number of piperidine rings is 1. The van der Waals surface area contributed by atoms with Crippen molar-refractivity contribution in [2.75, 3.05) is 32.8 Å². The fourth-order valence-corrected chi connectivity index (χ4v) is 4.76. The number of fused-ring (bicyclic) bond motifs is 2. The van der Waals surface area contributed by atoms with Crippen molar-refractivity contribution in [3.8, 4) is 11.5 Å². The van der Waals surface area contributed by atoms with Crippen LogP contribution in [0, 0.1) is 0 Å². The molecule has 0 aliphatic carbocycles. The molecule has 168 valence electrons. The fourth-order valence-electron chi connectivity index (χ4n) is 4.33. The maximum Gasteiger partial charge on any atom is 0.265 e. The van der Waals surface area contributed by atoms with Gasteiger partial charge in [0.05, 0.1) is 27.4 Å². The molecular weight excluding hydrogens is 474 g/mol. The molecule has 0 spiro atoms. The molecule has 9 heteroatoms. The molecule has 0 unspecified atom stereocenters. The Hall–Kier alpha value is -2.49. The highest BCUT2D eigenvalue weighted by Crippen LogP contribution is 2.29. The van der Waals surface area contributed by atoms with Crippen molar-refractivity contribution in [3.63, 3.8) is 0 Å². The average molecular weight is 500 g/mol. The van der Waals surface area contributed by atoms with E-state index in [0.29, 0.717) is 36.8 Å². The summed E-state index contributed by atoms with van der Waals surface area (Å²) in [6.07, 6.45) is 5.64. The number of nitrogens with zero attached hydrogens (tertiary/aromatic N) is 4. The topological polar surface area (TPSA) is 81.5 Å². The van der Waals surface area contributed by atoms with Crippen LogP contribution in [0.2, 0.25) is 0 Å². The van der Waals surface area contributed by atoms with E-state index in [0.717, 1.165) is 60.7 Å². The van der Waals surface area contributed by atoms with Crippen molar-refractivity contribution < 1.29 is 9.47 Å². The van der Waals surface area contributed by atoms with Crippen molar-refractivity contribution in [2.45, 2.75) is 32.0 Å². The van der Waals surface area contributed by atoms with Gasteiger partial charge < -0.3 is 24.3 Å². The molecule has 1 saturated heterocycles. The highest BCUT2D eigenvalue weighted by Gasteiger charge is 2.20. The smallest absolute Gasteiger partial charge is 0.265 e. The number of rotatable bonds is 6. The largest absolute Gasteiger partial charge is 0.486 e. The molecule has 5 rings (SSSR count). The molecule has 0 radical (unpaired) electrons. The van der Waals surface area contributed by atoms with Crippen LogP contribution in [-0.4, -0.2) is 58.3 Å². The van der Waals surface area contributed by atoms with Gasteiger partial charge >= 0.3 is 0 Å². The van der Waals surface area contributed by atoms with Crippen molar-refractivity contribution in [1.29, 1.82) is 0 Å². The van der Waals surface area contributed by atoms with Crippen LogP contribution in [-0.2, 0) is 13.1 Å². The minimum Gasteiger partial charge on any atom is -0.486 e. The Labute approximate surface area is 194 Å². The van der Waals surface area contributed by atoms with Crippen LogP contribution in [0.5, 0.6) is 11.5 Å². The second-order valence-corrected chi connectivity index (χ2v) is 9.03. The first kappa shape index (κ1) is 21.4. The van der Waals surface area contributed by atoms with Gasteiger partial charge in [0.1, 0.15) is 13.2 Å². The van der Waals surface area contributed by atoms with Crippen LogP contribution < -0.4 is 20.3 Å². The van der Waals surface area contributed by atoms with Gasteiger partial charge in [-0.3, -0.25) is 14.8 Å². The number of ether oxygens (including phenoxy) is 2. The Balaban J connectivity index is 1.13. The van der Waals surface area contributed by atoms with Gasteiger partial charge in [-0.15, -0.1) is 0 Å². The van der Waals surface area contributed by atoms with E-state index >= 15 is 0 Å². The summed E-state index contributed by atoms with van der Waals surface area (Å²) >= 11 is 3.38. The number of pyridine rings is 3. The number of hydrogen-bond donors (Lipinski definition) is 1. The lowest BCUT2D eigenvalue weighted by Gasteiger charge is -2.32. The molecule has 2 aliphatic rings. The van der Waals surface area contributed by atoms with E-state index in [-0.39, 0.29) is 5.56 Å². The summed E-state index contributed by atoms with van der Waals surface area (Å²) in [5.74, 6) is 1.50. The number of halogens is 1. The van der Waals surface area contributed by atoms with Gasteiger partial charge in [0, 0.05) is 37.9 Å². The lowest BCUT2D eigenvalue weighted by atomic mass is 10.0. The van der Waals surface area contributed by atoms with Crippen LogP contribution in [0.25, 0.3) is 11.0 Å². The monoisotopic (exact) mass is 499 g/mol. The summed E-state index contributed by atoms with van der Waals surface area (Å²) in [4.78, 5) is 23.9. The summed E-state index contributed by atoms with van der Waals surface area (Å²) in [7, 11) is 0. The van der Waals surface area contributed by atoms with E-state index in [9.17, 15) is 4.79 Å². The molecule has 0 bridgehead atoms. The quantitative estimate of drug-likeness (QED) is 0.557. The summed E-state index contributed by atoms with van der Waals surface area (Å²) in [5.41, 5.74) is 2.67. The molecule has 0 saturated carbocycles.